The molecule has 0 radical (unpaired) electrons. The predicted molar refractivity (Wildman–Crippen MR) is 171 cm³/mol. The smallest absolute Gasteiger partial charge is 0.338 e. The maximum Gasteiger partial charge on any atom is 0.338 e. The Labute approximate surface area is 262 Å². The van der Waals surface area contributed by atoms with Crippen LogP contribution < -0.4 is 24.4 Å². The zero-order chi connectivity index (χ0) is 31.3. The van der Waals surface area contributed by atoms with Crippen molar-refractivity contribution >= 4 is 29.1 Å². The normalized spacial score (nSPS) is 14.5. The summed E-state index contributed by atoms with van der Waals surface area (Å²) in [6, 6.07) is 29.3. The summed E-state index contributed by atoms with van der Waals surface area (Å²) >= 11 is 1.19. The van der Waals surface area contributed by atoms with Crippen molar-refractivity contribution in [3.05, 3.63) is 156 Å². The molecule has 0 saturated carbocycles. The molecule has 1 atom stereocenters. The number of nitrogens with zero attached hydrogens (tertiary/aromatic N) is 2. The molecule has 0 aliphatic carbocycles. The molecule has 0 saturated heterocycles. The zero-order valence-corrected chi connectivity index (χ0v) is 25.4. The number of benzene rings is 4. The van der Waals surface area contributed by atoms with Gasteiger partial charge in [0.15, 0.2) is 16.3 Å². The minimum Gasteiger partial charge on any atom is -0.493 e. The second-order valence-corrected chi connectivity index (χ2v) is 11.1. The van der Waals surface area contributed by atoms with E-state index in [1.54, 1.807) is 38.3 Å². The van der Waals surface area contributed by atoms with Crippen LogP contribution in [0.4, 0.5) is 4.39 Å². The topological polar surface area (TPSA) is 79.1 Å². The van der Waals surface area contributed by atoms with Crippen molar-refractivity contribution in [3.63, 3.8) is 0 Å². The van der Waals surface area contributed by atoms with Crippen LogP contribution in [-0.2, 0) is 16.1 Å². The van der Waals surface area contributed by atoms with E-state index in [-0.39, 0.29) is 17.7 Å². The monoisotopic (exact) mass is 620 g/mol. The Balaban J connectivity index is 1.56. The van der Waals surface area contributed by atoms with Gasteiger partial charge in [0.1, 0.15) is 12.4 Å². The average molecular weight is 621 g/mol. The first kappa shape index (κ1) is 29.8. The van der Waals surface area contributed by atoms with Crippen LogP contribution in [0.15, 0.2) is 118 Å². The number of thiazole rings is 1. The number of halogens is 1. The Hall–Kier alpha value is -5.28. The maximum atomic E-state index is 14.2. The largest absolute Gasteiger partial charge is 0.493 e. The van der Waals surface area contributed by atoms with Gasteiger partial charge >= 0.3 is 5.97 Å². The number of hydrogen-bond donors (Lipinski definition) is 0. The maximum absolute atomic E-state index is 14.2. The van der Waals surface area contributed by atoms with E-state index in [4.69, 9.17) is 19.2 Å². The van der Waals surface area contributed by atoms with Gasteiger partial charge in [-0.2, -0.15) is 0 Å². The summed E-state index contributed by atoms with van der Waals surface area (Å²) in [4.78, 5) is 33.1. The van der Waals surface area contributed by atoms with E-state index >= 15 is 0 Å². The van der Waals surface area contributed by atoms with Crippen LogP contribution in [0.1, 0.15) is 35.2 Å². The fourth-order valence-corrected chi connectivity index (χ4v) is 6.23. The summed E-state index contributed by atoms with van der Waals surface area (Å²) in [6.07, 6.45) is 1.74. The second-order valence-electron chi connectivity index (χ2n) is 10.1. The van der Waals surface area contributed by atoms with Crippen molar-refractivity contribution in [2.24, 2.45) is 4.99 Å². The number of esters is 1. The third kappa shape index (κ3) is 6.07. The summed E-state index contributed by atoms with van der Waals surface area (Å²) in [6.45, 7) is 2.15. The molecule has 2 heterocycles. The molecule has 1 aliphatic heterocycles. The van der Waals surface area contributed by atoms with Gasteiger partial charge in [-0.1, -0.05) is 96.3 Å². The number of hydrogen-bond acceptors (Lipinski definition) is 7. The lowest BCUT2D eigenvalue weighted by Crippen LogP contribution is -2.40. The molecule has 1 aromatic heterocycles. The molecule has 45 heavy (non-hydrogen) atoms. The molecule has 4 aromatic carbocycles. The lowest BCUT2D eigenvalue weighted by molar-refractivity contribution is -0.138. The number of carbonyl (C=O) groups is 1. The average Bonchev–Trinajstić information content (AvgIpc) is 3.38. The van der Waals surface area contributed by atoms with Crippen LogP contribution in [-0.4, -0.2) is 24.3 Å². The predicted octanol–water partition coefficient (Wildman–Crippen LogP) is 5.66. The molecule has 5 aromatic rings. The van der Waals surface area contributed by atoms with E-state index in [1.807, 2.05) is 72.8 Å². The second kappa shape index (κ2) is 13.2. The summed E-state index contributed by atoms with van der Waals surface area (Å²) in [5.74, 6) is -0.0279. The zero-order valence-electron chi connectivity index (χ0n) is 24.6. The third-order valence-corrected chi connectivity index (χ3v) is 8.28. The van der Waals surface area contributed by atoms with Crippen LogP contribution in [0.2, 0.25) is 0 Å². The van der Waals surface area contributed by atoms with Crippen molar-refractivity contribution in [1.82, 2.24) is 4.57 Å². The number of fused-ring (bicyclic) bond motifs is 1. The molecule has 9 heteroatoms. The lowest BCUT2D eigenvalue weighted by atomic mass is 9.93. The van der Waals surface area contributed by atoms with E-state index in [0.717, 1.165) is 5.56 Å². The SMILES string of the molecule is CCOC(=O)C1=C(c2ccccc2)N=c2s/c(=C\c3cccc(OC)c3OCc3ccccc3)c(=O)n2[C@@H]1c1ccc(F)cc1. The Morgan fingerprint density at radius 2 is 1.67 bits per heavy atom. The van der Waals surface area contributed by atoms with Gasteiger partial charge in [-0.3, -0.25) is 9.36 Å². The molecule has 1 aliphatic rings. The first-order valence-electron chi connectivity index (χ1n) is 14.4. The molecule has 0 N–H and O–H groups in total. The summed E-state index contributed by atoms with van der Waals surface area (Å²) in [5.41, 5.74) is 3.08. The Kier molecular flexibility index (Phi) is 8.70. The van der Waals surface area contributed by atoms with Gasteiger partial charge in [-0.15, -0.1) is 0 Å². The van der Waals surface area contributed by atoms with E-state index < -0.39 is 17.8 Å². The first-order chi connectivity index (χ1) is 22.0. The van der Waals surface area contributed by atoms with Crippen LogP contribution >= 0.6 is 11.3 Å². The molecule has 0 fully saturated rings. The highest BCUT2D eigenvalue weighted by Crippen LogP contribution is 2.36. The molecule has 0 unspecified atom stereocenters. The fraction of sp³-hybridized carbons (Fsp3) is 0.139. The Bertz CT molecular complexity index is 2050. The Morgan fingerprint density at radius 1 is 0.956 bits per heavy atom. The van der Waals surface area contributed by atoms with Gasteiger partial charge in [0.2, 0.25) is 0 Å². The standard InChI is InChI=1S/C36H29FN2O5S/c1-3-43-35(41)30-31(24-13-8-5-9-14-24)38-36-39(32(30)25-17-19-27(37)20-18-25)34(40)29(45-36)21-26-15-10-16-28(42-2)33(26)44-22-23-11-6-4-7-12-23/h4-21,32H,3,22H2,1-2H3/b29-21-/t32-/m1/s1. The van der Waals surface area contributed by atoms with E-state index in [2.05, 4.69) is 0 Å². The van der Waals surface area contributed by atoms with Crippen molar-refractivity contribution in [1.29, 1.82) is 0 Å². The summed E-state index contributed by atoms with van der Waals surface area (Å²) in [7, 11) is 1.56. The number of carbonyl (C=O) groups excluding carboxylic acids is 1. The van der Waals surface area contributed by atoms with Gasteiger partial charge in [-0.05, 0) is 42.3 Å². The van der Waals surface area contributed by atoms with Gasteiger partial charge in [-0.25, -0.2) is 14.2 Å². The highest BCUT2D eigenvalue weighted by atomic mass is 32.1. The minimum atomic E-state index is -0.905. The lowest BCUT2D eigenvalue weighted by Gasteiger charge is -2.25. The molecule has 6 rings (SSSR count). The summed E-state index contributed by atoms with van der Waals surface area (Å²) in [5, 5.41) is 0. The van der Waals surface area contributed by atoms with E-state index in [9.17, 15) is 14.0 Å². The molecule has 226 valence electrons. The first-order valence-corrected chi connectivity index (χ1v) is 15.2. The van der Waals surface area contributed by atoms with Crippen LogP contribution in [0.5, 0.6) is 11.5 Å². The van der Waals surface area contributed by atoms with Crippen molar-refractivity contribution in [2.45, 2.75) is 19.6 Å². The van der Waals surface area contributed by atoms with Crippen LogP contribution in [0.3, 0.4) is 0 Å². The number of aromatic nitrogens is 1. The van der Waals surface area contributed by atoms with Crippen LogP contribution in [0.25, 0.3) is 11.8 Å². The van der Waals surface area contributed by atoms with Gasteiger partial charge in [0, 0.05) is 11.1 Å². The van der Waals surface area contributed by atoms with E-state index in [1.165, 1.54) is 28.0 Å². The van der Waals surface area contributed by atoms with Crippen molar-refractivity contribution in [3.8, 4) is 11.5 Å². The molecule has 0 spiro atoms. The van der Waals surface area contributed by atoms with Gasteiger partial charge in [0.25, 0.3) is 5.56 Å². The van der Waals surface area contributed by atoms with Crippen LogP contribution in [0, 0.1) is 5.82 Å². The minimum absolute atomic E-state index is 0.132. The van der Waals surface area contributed by atoms with Gasteiger partial charge < -0.3 is 14.2 Å². The number of para-hydroxylation sites is 1. The molecule has 0 amide bonds. The van der Waals surface area contributed by atoms with Crippen molar-refractivity contribution < 1.29 is 23.4 Å². The molecular weight excluding hydrogens is 591 g/mol. The molecular formula is C36H29FN2O5S. The highest BCUT2D eigenvalue weighted by Gasteiger charge is 2.35. The Morgan fingerprint density at radius 3 is 2.36 bits per heavy atom. The number of ether oxygens (including phenoxy) is 3. The van der Waals surface area contributed by atoms with E-state index in [0.29, 0.717) is 49.8 Å². The number of methoxy groups -OCH3 is 1. The summed E-state index contributed by atoms with van der Waals surface area (Å²) < 4.78 is 33.2. The quantitative estimate of drug-likeness (QED) is 0.199. The highest BCUT2D eigenvalue weighted by molar-refractivity contribution is 7.07. The molecule has 0 bridgehead atoms. The molecule has 7 nitrogen and oxygen atoms in total. The van der Waals surface area contributed by atoms with Crippen molar-refractivity contribution in [2.75, 3.05) is 13.7 Å². The van der Waals surface area contributed by atoms with Gasteiger partial charge in [0.05, 0.1) is 35.6 Å². The number of rotatable bonds is 9. The fourth-order valence-electron chi connectivity index (χ4n) is 5.23. The third-order valence-electron chi connectivity index (χ3n) is 7.30.